The summed E-state index contributed by atoms with van der Waals surface area (Å²) in [7, 11) is 0. The van der Waals surface area contributed by atoms with Gasteiger partial charge in [-0.05, 0) is 78.9 Å². The number of amides is 1. The molecule has 212 valence electrons. The number of rotatable bonds is 7. The van der Waals surface area contributed by atoms with Gasteiger partial charge in [0.25, 0.3) is 5.91 Å². The number of allylic oxidation sites excluding steroid dienone is 1. The molecule has 1 fully saturated rings. The first kappa shape index (κ1) is 29.2. The summed E-state index contributed by atoms with van der Waals surface area (Å²) in [4.78, 5) is 28.3. The van der Waals surface area contributed by atoms with Crippen LogP contribution in [0.25, 0.3) is 4.91 Å². The molecule has 42 heavy (non-hydrogen) atoms. The number of nitrogens with zero attached hydrogens (tertiary/aromatic N) is 2. The summed E-state index contributed by atoms with van der Waals surface area (Å²) in [5.41, 5.74) is 2.29. The topological polar surface area (TPSA) is 57.7 Å². The highest BCUT2D eigenvalue weighted by atomic mass is 35.5. The standard InChI is InChI=1S/C32H25Cl2N3O2S3/c33-21-6-10-24(11-7-21)40-29-15-14-27(35-29)30(41-23-4-2-1-3-5-23)28-20-26(32(38)37-16-18-39-19-17-37)31(36-28)42-25-12-8-22(34)9-13-25/h1-15,20,36H,16-19H2/b30-27+. The van der Waals surface area contributed by atoms with Crippen molar-refractivity contribution in [2.45, 2.75) is 19.7 Å². The number of benzene rings is 3. The van der Waals surface area contributed by atoms with Gasteiger partial charge >= 0.3 is 0 Å². The van der Waals surface area contributed by atoms with E-state index in [0.29, 0.717) is 41.9 Å². The minimum atomic E-state index is -0.0178. The molecule has 1 saturated heterocycles. The summed E-state index contributed by atoms with van der Waals surface area (Å²) < 4.78 is 5.50. The molecular weight excluding hydrogens is 625 g/mol. The summed E-state index contributed by atoms with van der Waals surface area (Å²) in [6, 6.07) is 27.5. The van der Waals surface area contributed by atoms with E-state index in [2.05, 4.69) is 17.1 Å². The Morgan fingerprint density at radius 1 is 0.810 bits per heavy atom. The zero-order valence-electron chi connectivity index (χ0n) is 22.3. The zero-order chi connectivity index (χ0) is 28.9. The SMILES string of the molecule is O=C(c1cc(/C(Sc2ccccc2)=C2/C=CC(Sc3ccc(Cl)cc3)=N2)[nH]c1Sc1ccc(Cl)cc1)N1CCOCC1. The first-order valence-electron chi connectivity index (χ1n) is 13.2. The molecule has 1 N–H and O–H groups in total. The summed E-state index contributed by atoms with van der Waals surface area (Å²) >= 11 is 16.9. The van der Waals surface area contributed by atoms with E-state index in [0.717, 1.165) is 41.1 Å². The molecule has 0 atom stereocenters. The summed E-state index contributed by atoms with van der Waals surface area (Å²) in [5.74, 6) is -0.0178. The van der Waals surface area contributed by atoms with Gasteiger partial charge in [-0.15, -0.1) is 0 Å². The first-order valence-corrected chi connectivity index (χ1v) is 16.4. The van der Waals surface area contributed by atoms with Crippen LogP contribution in [-0.2, 0) is 4.74 Å². The smallest absolute Gasteiger partial charge is 0.256 e. The minimum absolute atomic E-state index is 0.0178. The van der Waals surface area contributed by atoms with Gasteiger partial charge in [0.2, 0.25) is 0 Å². The lowest BCUT2D eigenvalue weighted by Gasteiger charge is -2.26. The number of nitrogens with one attached hydrogen (secondary N) is 1. The fourth-order valence-electron chi connectivity index (χ4n) is 4.36. The third kappa shape index (κ3) is 7.19. The maximum Gasteiger partial charge on any atom is 0.256 e. The molecule has 3 heterocycles. The predicted molar refractivity (Wildman–Crippen MR) is 176 cm³/mol. The van der Waals surface area contributed by atoms with E-state index in [1.165, 1.54) is 11.8 Å². The van der Waals surface area contributed by atoms with Gasteiger partial charge < -0.3 is 14.6 Å². The largest absolute Gasteiger partial charge is 0.378 e. The van der Waals surface area contributed by atoms with Crippen LogP contribution in [0.4, 0.5) is 0 Å². The molecule has 6 rings (SSSR count). The Morgan fingerprint density at radius 2 is 1.45 bits per heavy atom. The number of H-pyrrole nitrogens is 1. The van der Waals surface area contributed by atoms with Crippen molar-refractivity contribution in [2.75, 3.05) is 26.3 Å². The lowest BCUT2D eigenvalue weighted by molar-refractivity contribution is 0.0300. The number of aliphatic imine (C=N–C) groups is 1. The molecule has 1 amide bonds. The minimum Gasteiger partial charge on any atom is -0.378 e. The number of morpholine rings is 1. The van der Waals surface area contributed by atoms with Crippen LogP contribution in [0.3, 0.4) is 0 Å². The van der Waals surface area contributed by atoms with Crippen LogP contribution in [0.1, 0.15) is 16.1 Å². The van der Waals surface area contributed by atoms with Gasteiger partial charge in [0.15, 0.2) is 0 Å². The summed E-state index contributed by atoms with van der Waals surface area (Å²) in [6.07, 6.45) is 4.05. The number of aromatic amines is 1. The Hall–Kier alpha value is -2.85. The molecule has 1 aromatic heterocycles. The van der Waals surface area contributed by atoms with Crippen LogP contribution < -0.4 is 0 Å². The summed E-state index contributed by atoms with van der Waals surface area (Å²) in [6.45, 7) is 2.20. The second kappa shape index (κ2) is 13.6. The highest BCUT2D eigenvalue weighted by molar-refractivity contribution is 8.14. The number of ether oxygens (including phenoxy) is 1. The fraction of sp³-hybridized carbons (Fsp3) is 0.125. The monoisotopic (exact) mass is 649 g/mol. The maximum absolute atomic E-state index is 13.8. The number of aromatic nitrogens is 1. The summed E-state index contributed by atoms with van der Waals surface area (Å²) in [5, 5.41) is 3.02. The highest BCUT2D eigenvalue weighted by Crippen LogP contribution is 2.42. The average Bonchev–Trinajstić information content (AvgIpc) is 3.66. The molecule has 0 saturated carbocycles. The van der Waals surface area contributed by atoms with Crippen LogP contribution in [0, 0.1) is 0 Å². The number of carbonyl (C=O) groups excluding carboxylic acids is 1. The Labute approximate surface area is 267 Å². The maximum atomic E-state index is 13.8. The molecule has 5 nitrogen and oxygen atoms in total. The van der Waals surface area contributed by atoms with Gasteiger partial charge in [-0.3, -0.25) is 4.79 Å². The van der Waals surface area contributed by atoms with Crippen molar-refractivity contribution >= 4 is 74.3 Å². The molecule has 2 aliphatic rings. The second-order valence-corrected chi connectivity index (χ2v) is 13.5. The van der Waals surface area contributed by atoms with Crippen LogP contribution in [0.5, 0.6) is 0 Å². The lowest BCUT2D eigenvalue weighted by atomic mass is 10.2. The highest BCUT2D eigenvalue weighted by Gasteiger charge is 2.26. The van der Waals surface area contributed by atoms with Crippen molar-refractivity contribution in [1.29, 1.82) is 0 Å². The van der Waals surface area contributed by atoms with Gasteiger partial charge in [0.1, 0.15) is 5.04 Å². The second-order valence-electron chi connectivity index (χ2n) is 9.36. The molecular formula is C32H25Cl2N3O2S3. The van der Waals surface area contributed by atoms with Gasteiger partial charge in [-0.2, -0.15) is 0 Å². The van der Waals surface area contributed by atoms with Crippen molar-refractivity contribution in [3.8, 4) is 0 Å². The Bertz CT molecular complexity index is 1660. The fourth-order valence-corrected chi connectivity index (χ4v) is 7.29. The van der Waals surface area contributed by atoms with Crippen LogP contribution in [0.15, 0.2) is 127 Å². The molecule has 2 aliphatic heterocycles. The normalized spacial score (nSPS) is 16.0. The van der Waals surface area contributed by atoms with Crippen molar-refractivity contribution < 1.29 is 9.53 Å². The predicted octanol–water partition coefficient (Wildman–Crippen LogP) is 9.17. The molecule has 0 bridgehead atoms. The van der Waals surface area contributed by atoms with E-state index in [1.807, 2.05) is 89.8 Å². The third-order valence-electron chi connectivity index (χ3n) is 6.43. The molecule has 0 radical (unpaired) electrons. The van der Waals surface area contributed by atoms with E-state index in [9.17, 15) is 4.79 Å². The number of hydrogen-bond donors (Lipinski definition) is 1. The zero-order valence-corrected chi connectivity index (χ0v) is 26.2. The Morgan fingerprint density at radius 3 is 2.12 bits per heavy atom. The van der Waals surface area contributed by atoms with E-state index >= 15 is 0 Å². The molecule has 0 unspecified atom stereocenters. The lowest BCUT2D eigenvalue weighted by Crippen LogP contribution is -2.40. The molecule has 10 heteroatoms. The average molecular weight is 651 g/mol. The van der Waals surface area contributed by atoms with Crippen molar-refractivity contribution in [2.24, 2.45) is 4.99 Å². The van der Waals surface area contributed by atoms with E-state index in [-0.39, 0.29) is 5.91 Å². The quantitative estimate of drug-likeness (QED) is 0.202. The van der Waals surface area contributed by atoms with Crippen LogP contribution >= 0.6 is 58.5 Å². The number of hydrogen-bond acceptors (Lipinski definition) is 6. The van der Waals surface area contributed by atoms with E-state index in [4.69, 9.17) is 32.9 Å². The van der Waals surface area contributed by atoms with Gasteiger partial charge in [0, 0.05) is 37.8 Å². The van der Waals surface area contributed by atoms with Crippen molar-refractivity contribution in [1.82, 2.24) is 9.88 Å². The number of carbonyl (C=O) groups is 1. The van der Waals surface area contributed by atoms with Crippen LogP contribution in [0.2, 0.25) is 10.0 Å². The van der Waals surface area contributed by atoms with E-state index < -0.39 is 0 Å². The molecule has 3 aromatic carbocycles. The van der Waals surface area contributed by atoms with Crippen molar-refractivity contribution in [3.05, 3.63) is 124 Å². The molecule has 4 aromatic rings. The molecule has 0 aliphatic carbocycles. The van der Waals surface area contributed by atoms with Crippen LogP contribution in [-0.4, -0.2) is 47.1 Å². The van der Waals surface area contributed by atoms with Gasteiger partial charge in [-0.25, -0.2) is 4.99 Å². The number of thioether (sulfide) groups is 2. The van der Waals surface area contributed by atoms with Crippen molar-refractivity contribution in [3.63, 3.8) is 0 Å². The molecule has 0 spiro atoms. The first-order chi connectivity index (χ1) is 20.5. The van der Waals surface area contributed by atoms with Gasteiger partial charge in [-0.1, -0.05) is 76.7 Å². The van der Waals surface area contributed by atoms with E-state index in [1.54, 1.807) is 23.5 Å². The Balaban J connectivity index is 1.40. The Kier molecular flexibility index (Phi) is 9.49. The third-order valence-corrected chi connectivity index (χ3v) is 10.1. The van der Waals surface area contributed by atoms with Gasteiger partial charge in [0.05, 0.1) is 40.1 Å². The number of halogens is 2.